The van der Waals surface area contributed by atoms with Crippen LogP contribution in [-0.4, -0.2) is 13.7 Å². The Bertz CT molecular complexity index is 474. The Kier molecular flexibility index (Phi) is 2.64. The largest absolute Gasteiger partial charge is 0.492 e. The topological polar surface area (TPSA) is 48.4 Å². The van der Waals surface area contributed by atoms with Crippen LogP contribution in [0.3, 0.4) is 0 Å². The smallest absolute Gasteiger partial charge is 0.168 e. The van der Waals surface area contributed by atoms with Crippen LogP contribution in [0.5, 0.6) is 5.75 Å². The summed E-state index contributed by atoms with van der Waals surface area (Å²) < 4.78 is 11.0. The molecule has 0 atom stereocenters. The summed E-state index contributed by atoms with van der Waals surface area (Å²) >= 11 is 0. The predicted molar refractivity (Wildman–Crippen MR) is 60.3 cm³/mol. The van der Waals surface area contributed by atoms with Crippen molar-refractivity contribution in [2.24, 2.45) is 5.73 Å². The van der Waals surface area contributed by atoms with Gasteiger partial charge in [-0.1, -0.05) is 6.07 Å². The molecule has 0 aliphatic rings. The number of ether oxygens (including phenoxy) is 1. The minimum Gasteiger partial charge on any atom is -0.492 e. The van der Waals surface area contributed by atoms with Crippen LogP contribution in [0.2, 0.25) is 0 Å². The van der Waals surface area contributed by atoms with E-state index in [9.17, 15) is 0 Å². The average molecular weight is 205 g/mol. The van der Waals surface area contributed by atoms with Crippen LogP contribution in [-0.2, 0) is 6.42 Å². The van der Waals surface area contributed by atoms with Crippen LogP contribution >= 0.6 is 0 Å². The summed E-state index contributed by atoms with van der Waals surface area (Å²) in [5.74, 6) is 1.65. The second kappa shape index (κ2) is 3.95. The summed E-state index contributed by atoms with van der Waals surface area (Å²) in [5, 5.41) is 1.02. The first-order chi connectivity index (χ1) is 7.26. The first-order valence-electron chi connectivity index (χ1n) is 5.02. The Morgan fingerprint density at radius 2 is 2.20 bits per heavy atom. The summed E-state index contributed by atoms with van der Waals surface area (Å²) in [7, 11) is 1.66. The highest BCUT2D eigenvalue weighted by atomic mass is 16.5. The second-order valence-electron chi connectivity index (χ2n) is 3.60. The molecule has 0 aliphatic heterocycles. The molecule has 0 amide bonds. The molecule has 0 bridgehead atoms. The fraction of sp³-hybridized carbons (Fsp3) is 0.333. The molecule has 1 aromatic heterocycles. The molecule has 0 aliphatic carbocycles. The molecule has 0 saturated carbocycles. The van der Waals surface area contributed by atoms with Crippen molar-refractivity contribution in [1.29, 1.82) is 0 Å². The Morgan fingerprint density at radius 1 is 1.40 bits per heavy atom. The van der Waals surface area contributed by atoms with Crippen LogP contribution in [0.1, 0.15) is 11.3 Å². The van der Waals surface area contributed by atoms with Crippen molar-refractivity contribution in [1.82, 2.24) is 0 Å². The van der Waals surface area contributed by atoms with Crippen molar-refractivity contribution in [2.45, 2.75) is 13.3 Å². The van der Waals surface area contributed by atoms with Crippen LogP contribution in [0, 0.1) is 6.92 Å². The van der Waals surface area contributed by atoms with Gasteiger partial charge in [0.25, 0.3) is 0 Å². The standard InChI is InChI=1S/C12H15NO2/c1-8-3-4-9-11(7-8)15-10(5-6-13)12(9)14-2/h3-4,7H,5-6,13H2,1-2H3. The minimum atomic E-state index is 0.565. The Labute approximate surface area is 88.8 Å². The zero-order valence-electron chi connectivity index (χ0n) is 9.04. The zero-order valence-corrected chi connectivity index (χ0v) is 9.04. The van der Waals surface area contributed by atoms with E-state index in [0.717, 1.165) is 22.5 Å². The maximum Gasteiger partial charge on any atom is 0.168 e. The average Bonchev–Trinajstić information content (AvgIpc) is 2.54. The van der Waals surface area contributed by atoms with Crippen molar-refractivity contribution in [3.05, 3.63) is 29.5 Å². The summed E-state index contributed by atoms with van der Waals surface area (Å²) in [5.41, 5.74) is 7.57. The van der Waals surface area contributed by atoms with Gasteiger partial charge in [-0.25, -0.2) is 0 Å². The third-order valence-corrected chi connectivity index (χ3v) is 2.44. The molecule has 80 valence electrons. The summed E-state index contributed by atoms with van der Waals surface area (Å²) in [6.45, 7) is 2.60. The Morgan fingerprint density at radius 3 is 2.87 bits per heavy atom. The SMILES string of the molecule is COc1c(CCN)oc2cc(C)ccc12. The lowest BCUT2D eigenvalue weighted by Crippen LogP contribution is -2.02. The first-order valence-corrected chi connectivity index (χ1v) is 5.02. The van der Waals surface area contributed by atoms with E-state index >= 15 is 0 Å². The molecule has 0 fully saturated rings. The molecular formula is C12H15NO2. The van der Waals surface area contributed by atoms with Crippen LogP contribution in [0.15, 0.2) is 22.6 Å². The highest BCUT2D eigenvalue weighted by Crippen LogP contribution is 2.33. The molecule has 0 spiro atoms. The quantitative estimate of drug-likeness (QED) is 0.836. The fourth-order valence-corrected chi connectivity index (χ4v) is 1.75. The molecule has 0 unspecified atom stereocenters. The number of fused-ring (bicyclic) bond motifs is 1. The second-order valence-corrected chi connectivity index (χ2v) is 3.60. The van der Waals surface area contributed by atoms with E-state index in [-0.39, 0.29) is 0 Å². The molecular weight excluding hydrogens is 190 g/mol. The van der Waals surface area contributed by atoms with Crippen molar-refractivity contribution in [3.63, 3.8) is 0 Å². The number of hydrogen-bond acceptors (Lipinski definition) is 3. The lowest BCUT2D eigenvalue weighted by atomic mass is 10.1. The number of nitrogens with two attached hydrogens (primary N) is 1. The van der Waals surface area contributed by atoms with Gasteiger partial charge in [0.1, 0.15) is 11.3 Å². The van der Waals surface area contributed by atoms with Crippen molar-refractivity contribution in [2.75, 3.05) is 13.7 Å². The highest BCUT2D eigenvalue weighted by Gasteiger charge is 2.13. The van der Waals surface area contributed by atoms with Gasteiger partial charge >= 0.3 is 0 Å². The Balaban J connectivity index is 2.62. The number of benzene rings is 1. The number of methoxy groups -OCH3 is 1. The lowest BCUT2D eigenvalue weighted by Gasteiger charge is -1.98. The van der Waals surface area contributed by atoms with Crippen molar-refractivity contribution >= 4 is 11.0 Å². The maximum atomic E-state index is 5.71. The third-order valence-electron chi connectivity index (χ3n) is 2.44. The van der Waals surface area contributed by atoms with E-state index in [0.29, 0.717) is 13.0 Å². The number of aryl methyl sites for hydroxylation is 1. The molecule has 15 heavy (non-hydrogen) atoms. The molecule has 3 nitrogen and oxygen atoms in total. The number of hydrogen-bond donors (Lipinski definition) is 1. The van der Waals surface area contributed by atoms with Gasteiger partial charge in [0, 0.05) is 6.42 Å². The van der Waals surface area contributed by atoms with E-state index in [1.807, 2.05) is 25.1 Å². The van der Waals surface area contributed by atoms with E-state index < -0.39 is 0 Å². The number of furan rings is 1. The fourth-order valence-electron chi connectivity index (χ4n) is 1.75. The summed E-state index contributed by atoms with van der Waals surface area (Å²) in [6, 6.07) is 6.08. The zero-order chi connectivity index (χ0) is 10.8. The first kappa shape index (κ1) is 10.1. The predicted octanol–water partition coefficient (Wildman–Crippen LogP) is 2.25. The van der Waals surface area contributed by atoms with Gasteiger partial charge in [0.15, 0.2) is 5.75 Å². The third kappa shape index (κ3) is 1.70. The van der Waals surface area contributed by atoms with Gasteiger partial charge in [-0.2, -0.15) is 0 Å². The van der Waals surface area contributed by atoms with Crippen LogP contribution in [0.25, 0.3) is 11.0 Å². The molecule has 0 saturated heterocycles. The van der Waals surface area contributed by atoms with E-state index in [2.05, 4.69) is 0 Å². The van der Waals surface area contributed by atoms with Gasteiger partial charge in [0.2, 0.25) is 0 Å². The minimum absolute atomic E-state index is 0.565. The van der Waals surface area contributed by atoms with Gasteiger partial charge in [-0.15, -0.1) is 0 Å². The normalized spacial score (nSPS) is 10.9. The number of rotatable bonds is 3. The van der Waals surface area contributed by atoms with E-state index in [1.165, 1.54) is 5.56 Å². The van der Waals surface area contributed by atoms with Crippen LogP contribution < -0.4 is 10.5 Å². The summed E-state index contributed by atoms with van der Waals surface area (Å²) in [4.78, 5) is 0. The van der Waals surface area contributed by atoms with E-state index in [4.69, 9.17) is 14.9 Å². The Hall–Kier alpha value is -1.48. The van der Waals surface area contributed by atoms with Crippen molar-refractivity contribution in [3.8, 4) is 5.75 Å². The highest BCUT2D eigenvalue weighted by molar-refractivity contribution is 5.86. The van der Waals surface area contributed by atoms with Gasteiger partial charge in [-0.05, 0) is 31.2 Å². The van der Waals surface area contributed by atoms with Crippen LogP contribution in [0.4, 0.5) is 0 Å². The molecule has 2 aromatic rings. The molecule has 1 heterocycles. The lowest BCUT2D eigenvalue weighted by molar-refractivity contribution is 0.396. The summed E-state index contributed by atoms with van der Waals surface area (Å²) in [6.07, 6.45) is 0.705. The van der Waals surface area contributed by atoms with Gasteiger partial charge < -0.3 is 14.9 Å². The molecule has 2 N–H and O–H groups in total. The van der Waals surface area contributed by atoms with E-state index in [1.54, 1.807) is 7.11 Å². The van der Waals surface area contributed by atoms with Crippen molar-refractivity contribution < 1.29 is 9.15 Å². The van der Waals surface area contributed by atoms with Gasteiger partial charge in [0.05, 0.1) is 12.5 Å². The molecule has 1 aromatic carbocycles. The molecule has 2 rings (SSSR count). The maximum absolute atomic E-state index is 5.71. The molecule has 0 radical (unpaired) electrons. The molecule has 3 heteroatoms. The van der Waals surface area contributed by atoms with Gasteiger partial charge in [-0.3, -0.25) is 0 Å². The monoisotopic (exact) mass is 205 g/mol.